The van der Waals surface area contributed by atoms with E-state index in [-0.39, 0.29) is 0 Å². The summed E-state index contributed by atoms with van der Waals surface area (Å²) < 4.78 is 4.42. The number of benzene rings is 8. The number of fused-ring (bicyclic) bond motifs is 3. The molecule has 7 nitrogen and oxygen atoms in total. The van der Waals surface area contributed by atoms with Crippen LogP contribution in [0.3, 0.4) is 0 Å². The minimum atomic E-state index is 0.561. The summed E-state index contributed by atoms with van der Waals surface area (Å²) in [6.45, 7) is 0. The van der Waals surface area contributed by atoms with E-state index >= 15 is 0 Å². The van der Waals surface area contributed by atoms with Crippen molar-refractivity contribution >= 4 is 32.8 Å². The van der Waals surface area contributed by atoms with Gasteiger partial charge < -0.3 is 0 Å². The summed E-state index contributed by atoms with van der Waals surface area (Å²) in [6, 6.07) is 68.6. The second kappa shape index (κ2) is 13.9. The molecule has 0 aliphatic carbocycles. The zero-order valence-electron chi connectivity index (χ0n) is 31.2. The topological polar surface area (TPSA) is 74.3 Å². The molecule has 11 rings (SSSR count). The summed E-state index contributed by atoms with van der Waals surface area (Å²) in [5.41, 5.74) is 10.4. The predicted molar refractivity (Wildman–Crippen MR) is 234 cm³/mol. The van der Waals surface area contributed by atoms with Gasteiger partial charge in [0.05, 0.1) is 22.1 Å². The number of rotatable bonds is 7. The van der Waals surface area contributed by atoms with Gasteiger partial charge in [0.25, 0.3) is 0 Å². The van der Waals surface area contributed by atoms with Gasteiger partial charge in [-0.1, -0.05) is 133 Å². The summed E-state index contributed by atoms with van der Waals surface area (Å²) in [5, 5.41) is 2.27. The lowest BCUT2D eigenvalue weighted by atomic mass is 10.1. The zero-order chi connectivity index (χ0) is 38.4. The van der Waals surface area contributed by atoms with Gasteiger partial charge in [-0.2, -0.15) is 0 Å². The fourth-order valence-corrected chi connectivity index (χ4v) is 7.77. The third-order valence-electron chi connectivity index (χ3n) is 10.6. The van der Waals surface area contributed by atoms with Crippen molar-refractivity contribution in [1.29, 1.82) is 0 Å². The molecule has 0 spiro atoms. The molecule has 58 heavy (non-hydrogen) atoms. The predicted octanol–water partition coefficient (Wildman–Crippen LogP) is 12.0. The van der Waals surface area contributed by atoms with Crippen LogP contribution in [0.5, 0.6) is 0 Å². The fraction of sp³-hybridized carbons (Fsp3) is 0. The average Bonchev–Trinajstić information content (AvgIpc) is 3.89. The Morgan fingerprint density at radius 2 is 0.655 bits per heavy atom. The third-order valence-corrected chi connectivity index (χ3v) is 10.6. The molecular weight excluding hydrogens is 711 g/mol. The first kappa shape index (κ1) is 33.3. The number of hydrogen-bond donors (Lipinski definition) is 0. The maximum atomic E-state index is 5.22. The van der Waals surface area contributed by atoms with E-state index in [0.29, 0.717) is 17.5 Å². The smallest absolute Gasteiger partial charge is 0.164 e. The van der Waals surface area contributed by atoms with Gasteiger partial charge >= 0.3 is 0 Å². The first-order chi connectivity index (χ1) is 28.7. The van der Waals surface area contributed by atoms with Gasteiger partial charge in [-0.3, -0.25) is 9.13 Å². The Morgan fingerprint density at radius 1 is 0.276 bits per heavy atom. The van der Waals surface area contributed by atoms with Crippen LogP contribution in [-0.2, 0) is 0 Å². The van der Waals surface area contributed by atoms with E-state index in [2.05, 4.69) is 161 Å². The summed E-state index contributed by atoms with van der Waals surface area (Å²) in [6.07, 6.45) is 0. The summed E-state index contributed by atoms with van der Waals surface area (Å²) in [5.74, 6) is 3.44. The molecule has 3 heterocycles. The van der Waals surface area contributed by atoms with Crippen LogP contribution < -0.4 is 0 Å². The van der Waals surface area contributed by atoms with Crippen molar-refractivity contribution in [3.8, 4) is 68.3 Å². The van der Waals surface area contributed by atoms with Gasteiger partial charge in [-0.15, -0.1) is 0 Å². The normalized spacial score (nSPS) is 11.4. The van der Waals surface area contributed by atoms with E-state index in [1.165, 1.54) is 0 Å². The molecule has 8 aromatic carbocycles. The largest absolute Gasteiger partial charge is 0.292 e. The van der Waals surface area contributed by atoms with Crippen LogP contribution >= 0.6 is 0 Å². The monoisotopic (exact) mass is 743 g/mol. The SMILES string of the molecule is c1ccc(-c2nc3cc(-c4nc(-c5ccc6ccccc6c5)nc(-c5ccc6c(c5)nc(-c5ccccc5)n6-c5ccccc5)n4)ccc3n2-c2ccccc2)cc1. The molecule has 0 saturated carbocycles. The lowest BCUT2D eigenvalue weighted by Gasteiger charge is -2.11. The zero-order valence-corrected chi connectivity index (χ0v) is 31.2. The van der Waals surface area contributed by atoms with Crippen molar-refractivity contribution in [3.63, 3.8) is 0 Å². The fourth-order valence-electron chi connectivity index (χ4n) is 7.77. The van der Waals surface area contributed by atoms with Crippen molar-refractivity contribution in [2.75, 3.05) is 0 Å². The number of para-hydroxylation sites is 2. The molecule has 0 aliphatic rings. The summed E-state index contributed by atoms with van der Waals surface area (Å²) >= 11 is 0. The molecular formula is C51H33N7. The van der Waals surface area contributed by atoms with Crippen molar-refractivity contribution in [3.05, 3.63) is 200 Å². The molecule has 0 amide bonds. The van der Waals surface area contributed by atoms with E-state index in [1.807, 2.05) is 48.5 Å². The van der Waals surface area contributed by atoms with Crippen molar-refractivity contribution in [1.82, 2.24) is 34.1 Å². The van der Waals surface area contributed by atoms with Crippen molar-refractivity contribution in [2.24, 2.45) is 0 Å². The third kappa shape index (κ3) is 5.90. The molecule has 0 aliphatic heterocycles. The lowest BCUT2D eigenvalue weighted by molar-refractivity contribution is 1.07. The maximum Gasteiger partial charge on any atom is 0.164 e. The molecule has 11 aromatic rings. The maximum absolute atomic E-state index is 5.22. The van der Waals surface area contributed by atoms with Crippen LogP contribution in [0.1, 0.15) is 0 Å². The van der Waals surface area contributed by atoms with Crippen LogP contribution in [-0.4, -0.2) is 34.1 Å². The molecule has 272 valence electrons. The Morgan fingerprint density at radius 3 is 1.12 bits per heavy atom. The Hall–Kier alpha value is -8.03. The van der Waals surface area contributed by atoms with E-state index in [4.69, 9.17) is 24.9 Å². The first-order valence-electron chi connectivity index (χ1n) is 19.3. The van der Waals surface area contributed by atoms with E-state index in [0.717, 1.165) is 83.7 Å². The standard InChI is InChI=1S/C51H33N7/c1-5-16-35(17-6-1)50-52-43-32-39(27-29-45(43)57(50)41-21-9-3-10-22-41)48-54-47(38-26-25-34-15-13-14-20-37(34)31-38)55-49(56-48)40-28-30-46-44(33-40)53-51(36-18-7-2-8-19-36)58(46)42-23-11-4-12-24-42/h1-33H. The van der Waals surface area contributed by atoms with Gasteiger partial charge in [-0.05, 0) is 77.5 Å². The highest BCUT2D eigenvalue weighted by Crippen LogP contribution is 2.35. The first-order valence-corrected chi connectivity index (χ1v) is 19.3. The number of hydrogen-bond acceptors (Lipinski definition) is 5. The molecule has 0 N–H and O–H groups in total. The molecule has 3 aromatic heterocycles. The van der Waals surface area contributed by atoms with Gasteiger partial charge in [-0.25, -0.2) is 24.9 Å². The van der Waals surface area contributed by atoms with E-state index < -0.39 is 0 Å². The number of aromatic nitrogens is 7. The minimum absolute atomic E-state index is 0.561. The van der Waals surface area contributed by atoms with E-state index in [1.54, 1.807) is 0 Å². The molecule has 0 bridgehead atoms. The molecule has 7 heteroatoms. The van der Waals surface area contributed by atoms with Crippen LogP contribution in [0.25, 0.3) is 101 Å². The Kier molecular flexibility index (Phi) is 8.00. The van der Waals surface area contributed by atoms with Gasteiger partial charge in [0.15, 0.2) is 17.5 Å². The molecule has 0 saturated heterocycles. The van der Waals surface area contributed by atoms with Crippen LogP contribution in [0.15, 0.2) is 200 Å². The quantitative estimate of drug-likeness (QED) is 0.162. The minimum Gasteiger partial charge on any atom is -0.292 e. The number of imidazole rings is 2. The van der Waals surface area contributed by atoms with Gasteiger partial charge in [0.2, 0.25) is 0 Å². The van der Waals surface area contributed by atoms with Crippen LogP contribution in [0, 0.1) is 0 Å². The van der Waals surface area contributed by atoms with E-state index in [9.17, 15) is 0 Å². The molecule has 0 atom stereocenters. The Labute approximate surface area is 334 Å². The van der Waals surface area contributed by atoms with Crippen LogP contribution in [0.2, 0.25) is 0 Å². The number of nitrogens with zero attached hydrogens (tertiary/aromatic N) is 7. The molecule has 0 unspecified atom stereocenters. The lowest BCUT2D eigenvalue weighted by Crippen LogP contribution is -2.00. The highest BCUT2D eigenvalue weighted by atomic mass is 15.1. The second-order valence-corrected chi connectivity index (χ2v) is 14.2. The Balaban J connectivity index is 1.10. The molecule has 0 fully saturated rings. The van der Waals surface area contributed by atoms with Gasteiger partial charge in [0.1, 0.15) is 11.6 Å². The van der Waals surface area contributed by atoms with Crippen LogP contribution in [0.4, 0.5) is 0 Å². The van der Waals surface area contributed by atoms with Crippen molar-refractivity contribution in [2.45, 2.75) is 0 Å². The highest BCUT2D eigenvalue weighted by molar-refractivity contribution is 5.90. The highest BCUT2D eigenvalue weighted by Gasteiger charge is 2.20. The second-order valence-electron chi connectivity index (χ2n) is 14.2. The average molecular weight is 744 g/mol. The Bertz CT molecular complexity index is 3090. The summed E-state index contributed by atoms with van der Waals surface area (Å²) in [7, 11) is 0. The van der Waals surface area contributed by atoms with Gasteiger partial charge in [0, 0.05) is 39.2 Å². The molecule has 0 radical (unpaired) electrons. The summed E-state index contributed by atoms with van der Waals surface area (Å²) in [4.78, 5) is 25.9. The van der Waals surface area contributed by atoms with Crippen molar-refractivity contribution < 1.29 is 0 Å².